The van der Waals surface area contributed by atoms with Crippen LogP contribution in [0.3, 0.4) is 0 Å². The first kappa shape index (κ1) is 12.3. The van der Waals surface area contributed by atoms with E-state index in [0.717, 1.165) is 16.7 Å². The van der Waals surface area contributed by atoms with Crippen LogP contribution in [0.2, 0.25) is 0 Å². The number of fused-ring (bicyclic) bond motifs is 1. The number of halogens is 1. The molecule has 3 heteroatoms. The molecule has 0 amide bonds. The van der Waals surface area contributed by atoms with Crippen LogP contribution >= 0.6 is 0 Å². The molecule has 0 saturated heterocycles. The lowest BCUT2D eigenvalue weighted by atomic mass is 9.93. The highest BCUT2D eigenvalue weighted by molar-refractivity contribution is 5.41. The average Bonchev–Trinajstić information content (AvgIpc) is 2.85. The van der Waals surface area contributed by atoms with Gasteiger partial charge < -0.3 is 10.5 Å². The maximum atomic E-state index is 13.1. The first-order chi connectivity index (χ1) is 9.15. The van der Waals surface area contributed by atoms with E-state index in [1.54, 1.807) is 6.07 Å². The topological polar surface area (TPSA) is 35.2 Å². The van der Waals surface area contributed by atoms with Gasteiger partial charge in [-0.25, -0.2) is 4.39 Å². The van der Waals surface area contributed by atoms with E-state index in [4.69, 9.17) is 10.5 Å². The second-order valence-corrected chi connectivity index (χ2v) is 5.00. The lowest BCUT2D eigenvalue weighted by molar-refractivity contribution is 0.134. The summed E-state index contributed by atoms with van der Waals surface area (Å²) in [5, 5.41) is 0. The Hall–Kier alpha value is -1.71. The molecule has 0 saturated carbocycles. The summed E-state index contributed by atoms with van der Waals surface area (Å²) in [6.07, 6.45) is 0. The minimum atomic E-state index is -0.230. The Morgan fingerprint density at radius 2 is 1.89 bits per heavy atom. The second kappa shape index (κ2) is 4.76. The van der Waals surface area contributed by atoms with Crippen LogP contribution < -0.4 is 5.73 Å². The van der Waals surface area contributed by atoms with Gasteiger partial charge in [-0.3, -0.25) is 0 Å². The van der Waals surface area contributed by atoms with Gasteiger partial charge in [-0.1, -0.05) is 24.3 Å². The Labute approximate surface area is 112 Å². The number of rotatable bonds is 2. The Morgan fingerprint density at radius 3 is 2.68 bits per heavy atom. The minimum absolute atomic E-state index is 0.226. The van der Waals surface area contributed by atoms with Gasteiger partial charge in [0, 0.05) is 0 Å². The fourth-order valence-corrected chi connectivity index (χ4v) is 2.55. The summed E-state index contributed by atoms with van der Waals surface area (Å²) in [6, 6.07) is 10.7. The van der Waals surface area contributed by atoms with Crippen LogP contribution in [0.4, 0.5) is 4.39 Å². The van der Waals surface area contributed by atoms with Crippen LogP contribution in [0.15, 0.2) is 36.4 Å². The molecule has 98 valence electrons. The summed E-state index contributed by atoms with van der Waals surface area (Å²) < 4.78 is 18.5. The van der Waals surface area contributed by atoms with Gasteiger partial charge in [0.15, 0.2) is 0 Å². The summed E-state index contributed by atoms with van der Waals surface area (Å²) in [5.41, 5.74) is 11.6. The molecule has 3 rings (SSSR count). The number of aryl methyl sites for hydroxylation is 1. The van der Waals surface area contributed by atoms with E-state index in [1.165, 1.54) is 23.3 Å². The number of hydrogen-bond donors (Lipinski definition) is 1. The molecule has 0 radical (unpaired) electrons. The number of benzene rings is 2. The lowest BCUT2D eigenvalue weighted by Crippen LogP contribution is -2.13. The summed E-state index contributed by atoms with van der Waals surface area (Å²) >= 11 is 0. The summed E-state index contributed by atoms with van der Waals surface area (Å²) in [6.45, 7) is 3.22. The van der Waals surface area contributed by atoms with Crippen LogP contribution in [-0.4, -0.2) is 0 Å². The van der Waals surface area contributed by atoms with Gasteiger partial charge >= 0.3 is 0 Å². The predicted molar refractivity (Wildman–Crippen MR) is 72.1 cm³/mol. The molecule has 2 aromatic rings. The second-order valence-electron chi connectivity index (χ2n) is 5.00. The zero-order chi connectivity index (χ0) is 13.4. The van der Waals surface area contributed by atoms with Crippen LogP contribution in [-0.2, 0) is 18.0 Å². The molecular formula is C16H16FNO. The minimum Gasteiger partial charge on any atom is -0.372 e. The quantitative estimate of drug-likeness (QED) is 0.896. The zero-order valence-electron chi connectivity index (χ0n) is 10.8. The van der Waals surface area contributed by atoms with Crippen molar-refractivity contribution in [2.24, 2.45) is 5.73 Å². The summed E-state index contributed by atoms with van der Waals surface area (Å²) in [5.74, 6) is -0.226. The highest BCUT2D eigenvalue weighted by Crippen LogP contribution is 2.27. The normalized spacial score (nSPS) is 15.3. The lowest BCUT2D eigenvalue weighted by Gasteiger charge is -2.16. The van der Waals surface area contributed by atoms with Gasteiger partial charge in [0.05, 0.1) is 19.3 Å². The monoisotopic (exact) mass is 257 g/mol. The van der Waals surface area contributed by atoms with E-state index >= 15 is 0 Å². The van der Waals surface area contributed by atoms with Crippen LogP contribution in [0, 0.1) is 12.7 Å². The van der Waals surface area contributed by atoms with Crippen LogP contribution in [0.5, 0.6) is 0 Å². The van der Waals surface area contributed by atoms with E-state index in [2.05, 4.69) is 12.1 Å². The third-order valence-corrected chi connectivity index (χ3v) is 3.67. The third kappa shape index (κ3) is 2.27. The van der Waals surface area contributed by atoms with Gasteiger partial charge in [0.2, 0.25) is 0 Å². The molecule has 1 aliphatic heterocycles. The molecular weight excluding hydrogens is 241 g/mol. The molecule has 0 aromatic heterocycles. The Bertz CT molecular complexity index is 624. The standard InChI is InChI=1S/C16H16FNO/c1-10-6-14(17)4-5-15(10)16(18)11-2-3-12-8-19-9-13(12)7-11/h2-7,16H,8-9,18H2,1H3. The third-order valence-electron chi connectivity index (χ3n) is 3.67. The van der Waals surface area contributed by atoms with E-state index in [0.29, 0.717) is 13.2 Å². The largest absolute Gasteiger partial charge is 0.372 e. The van der Waals surface area contributed by atoms with Crippen LogP contribution in [0.1, 0.15) is 33.9 Å². The van der Waals surface area contributed by atoms with Gasteiger partial charge in [-0.2, -0.15) is 0 Å². The van der Waals surface area contributed by atoms with E-state index in [1.807, 2.05) is 13.0 Å². The van der Waals surface area contributed by atoms with Crippen molar-refractivity contribution in [3.05, 3.63) is 70.0 Å². The van der Waals surface area contributed by atoms with Gasteiger partial charge in [0.1, 0.15) is 5.82 Å². The van der Waals surface area contributed by atoms with E-state index in [9.17, 15) is 4.39 Å². The number of ether oxygens (including phenoxy) is 1. The van der Waals surface area contributed by atoms with Crippen molar-refractivity contribution >= 4 is 0 Å². The first-order valence-electron chi connectivity index (χ1n) is 6.36. The molecule has 2 aromatic carbocycles. The predicted octanol–water partition coefficient (Wildman–Crippen LogP) is 3.21. The fourth-order valence-electron chi connectivity index (χ4n) is 2.55. The molecule has 2 nitrogen and oxygen atoms in total. The van der Waals surface area contributed by atoms with Crippen molar-refractivity contribution in [3.8, 4) is 0 Å². The maximum absolute atomic E-state index is 13.1. The molecule has 0 aliphatic carbocycles. The molecule has 1 aliphatic rings. The SMILES string of the molecule is Cc1cc(F)ccc1C(N)c1ccc2c(c1)COC2. The van der Waals surface area contributed by atoms with Crippen molar-refractivity contribution < 1.29 is 9.13 Å². The molecule has 1 unspecified atom stereocenters. The van der Waals surface area contributed by atoms with Crippen molar-refractivity contribution in [2.75, 3.05) is 0 Å². The highest BCUT2D eigenvalue weighted by atomic mass is 19.1. The summed E-state index contributed by atoms with van der Waals surface area (Å²) in [7, 11) is 0. The molecule has 1 atom stereocenters. The molecule has 19 heavy (non-hydrogen) atoms. The smallest absolute Gasteiger partial charge is 0.123 e. The molecule has 0 bridgehead atoms. The first-order valence-corrected chi connectivity index (χ1v) is 6.36. The van der Waals surface area contributed by atoms with E-state index in [-0.39, 0.29) is 11.9 Å². The Balaban J connectivity index is 1.97. The Morgan fingerprint density at radius 1 is 1.11 bits per heavy atom. The molecule has 0 fully saturated rings. The van der Waals surface area contributed by atoms with Crippen molar-refractivity contribution in [1.82, 2.24) is 0 Å². The zero-order valence-corrected chi connectivity index (χ0v) is 10.8. The van der Waals surface area contributed by atoms with Gasteiger partial charge in [-0.15, -0.1) is 0 Å². The highest BCUT2D eigenvalue weighted by Gasteiger charge is 2.16. The fraction of sp³-hybridized carbons (Fsp3) is 0.250. The van der Waals surface area contributed by atoms with Crippen LogP contribution in [0.25, 0.3) is 0 Å². The number of nitrogens with two attached hydrogens (primary N) is 1. The maximum Gasteiger partial charge on any atom is 0.123 e. The van der Waals surface area contributed by atoms with Gasteiger partial charge in [-0.05, 0) is 46.9 Å². The van der Waals surface area contributed by atoms with Gasteiger partial charge in [0.25, 0.3) is 0 Å². The molecule has 1 heterocycles. The van der Waals surface area contributed by atoms with Crippen molar-refractivity contribution in [2.45, 2.75) is 26.2 Å². The average molecular weight is 257 g/mol. The van der Waals surface area contributed by atoms with E-state index < -0.39 is 0 Å². The Kier molecular flexibility index (Phi) is 3.09. The number of hydrogen-bond acceptors (Lipinski definition) is 2. The van der Waals surface area contributed by atoms with Crippen molar-refractivity contribution in [1.29, 1.82) is 0 Å². The molecule has 0 spiro atoms. The summed E-state index contributed by atoms with van der Waals surface area (Å²) in [4.78, 5) is 0. The van der Waals surface area contributed by atoms with Crippen molar-refractivity contribution in [3.63, 3.8) is 0 Å². The molecule has 2 N–H and O–H groups in total.